The van der Waals surface area contributed by atoms with E-state index in [0.29, 0.717) is 17.0 Å². The molecule has 1 heterocycles. The van der Waals surface area contributed by atoms with E-state index in [4.69, 9.17) is 5.73 Å². The Bertz CT molecular complexity index is 582. The zero-order valence-electron chi connectivity index (χ0n) is 10.3. The normalized spacial score (nSPS) is 17.1. The Kier molecular flexibility index (Phi) is 2.78. The number of benzene rings is 1. The third kappa shape index (κ3) is 1.88. The van der Waals surface area contributed by atoms with Crippen LogP contribution in [0.5, 0.6) is 0 Å². The highest BCUT2D eigenvalue weighted by Gasteiger charge is 2.20. The fourth-order valence-electron chi connectivity index (χ4n) is 2.82. The van der Waals surface area contributed by atoms with Gasteiger partial charge >= 0.3 is 0 Å². The summed E-state index contributed by atoms with van der Waals surface area (Å²) in [5.41, 5.74) is 7.50. The molecule has 1 aliphatic carbocycles. The summed E-state index contributed by atoms with van der Waals surface area (Å²) in [6, 6.07) is 5.52. The Hall–Kier alpha value is -1.84. The quantitative estimate of drug-likeness (QED) is 0.851. The van der Waals surface area contributed by atoms with E-state index in [0.717, 1.165) is 11.3 Å². The van der Waals surface area contributed by atoms with Gasteiger partial charge in [-0.05, 0) is 25.0 Å². The zero-order valence-corrected chi connectivity index (χ0v) is 10.3. The predicted molar refractivity (Wildman–Crippen MR) is 70.4 cm³/mol. The fourth-order valence-corrected chi connectivity index (χ4v) is 2.82. The summed E-state index contributed by atoms with van der Waals surface area (Å²) < 4.78 is 0. The number of fused-ring (bicyclic) bond motifs is 1. The van der Waals surface area contributed by atoms with Crippen LogP contribution in [0.15, 0.2) is 18.2 Å². The maximum atomic E-state index is 11.4. The van der Waals surface area contributed by atoms with Crippen LogP contribution in [0.3, 0.4) is 0 Å². The van der Waals surface area contributed by atoms with E-state index in [1.165, 1.54) is 32.1 Å². The number of hydrogen-bond donors (Lipinski definition) is 2. The predicted octanol–water partition coefficient (Wildman–Crippen LogP) is 2.71. The molecule has 3 N–H and O–H groups in total. The number of nitrogens with one attached hydrogen (secondary N) is 1. The van der Waals surface area contributed by atoms with Crippen LogP contribution in [0.25, 0.3) is 11.0 Å². The lowest BCUT2D eigenvalue weighted by Crippen LogP contribution is -2.11. The Labute approximate surface area is 106 Å². The second-order valence-corrected chi connectivity index (χ2v) is 5.02. The van der Waals surface area contributed by atoms with Gasteiger partial charge < -0.3 is 10.7 Å². The molecule has 1 fully saturated rings. The van der Waals surface area contributed by atoms with Gasteiger partial charge in [0.05, 0.1) is 11.1 Å². The summed E-state index contributed by atoms with van der Waals surface area (Å²) in [6.07, 6.45) is 6.23. The first kappa shape index (κ1) is 11.3. The van der Waals surface area contributed by atoms with Crippen molar-refractivity contribution in [2.24, 2.45) is 5.73 Å². The van der Waals surface area contributed by atoms with Crippen LogP contribution in [-0.4, -0.2) is 15.9 Å². The molecule has 0 unspecified atom stereocenters. The summed E-state index contributed by atoms with van der Waals surface area (Å²) >= 11 is 0. The number of aromatic amines is 1. The van der Waals surface area contributed by atoms with Gasteiger partial charge in [0.25, 0.3) is 5.91 Å². The van der Waals surface area contributed by atoms with Gasteiger partial charge in [-0.3, -0.25) is 4.79 Å². The molecule has 0 aliphatic heterocycles. The first-order valence-electron chi connectivity index (χ1n) is 6.54. The standard InChI is InChI=1S/C14H17N3O/c15-13(18)10-7-4-8-11-12(10)17-14(16-11)9-5-2-1-3-6-9/h4,7-9H,1-3,5-6H2,(H2,15,18)(H,16,17). The molecule has 4 heteroatoms. The maximum Gasteiger partial charge on any atom is 0.250 e. The summed E-state index contributed by atoms with van der Waals surface area (Å²) in [4.78, 5) is 19.3. The first-order valence-corrected chi connectivity index (χ1v) is 6.54. The molecule has 0 radical (unpaired) electrons. The lowest BCUT2D eigenvalue weighted by Gasteiger charge is -2.18. The number of para-hydroxylation sites is 1. The molecule has 0 spiro atoms. The summed E-state index contributed by atoms with van der Waals surface area (Å²) in [7, 11) is 0. The molecule has 1 aliphatic rings. The number of nitrogens with two attached hydrogens (primary N) is 1. The van der Waals surface area contributed by atoms with Crippen LogP contribution in [0, 0.1) is 0 Å². The van der Waals surface area contributed by atoms with Gasteiger partial charge in [0, 0.05) is 5.92 Å². The third-order valence-electron chi connectivity index (χ3n) is 3.79. The fraction of sp³-hybridized carbons (Fsp3) is 0.429. The van der Waals surface area contributed by atoms with Crippen molar-refractivity contribution in [3.05, 3.63) is 29.6 Å². The molecular weight excluding hydrogens is 226 g/mol. The number of amides is 1. The van der Waals surface area contributed by atoms with Crippen LogP contribution >= 0.6 is 0 Å². The van der Waals surface area contributed by atoms with Crippen molar-refractivity contribution in [2.75, 3.05) is 0 Å². The van der Waals surface area contributed by atoms with Crippen LogP contribution in [-0.2, 0) is 0 Å². The van der Waals surface area contributed by atoms with Crippen LogP contribution in [0.4, 0.5) is 0 Å². The minimum atomic E-state index is -0.415. The summed E-state index contributed by atoms with van der Waals surface area (Å²) in [5.74, 6) is 1.10. The minimum Gasteiger partial charge on any atom is -0.366 e. The summed E-state index contributed by atoms with van der Waals surface area (Å²) in [5, 5.41) is 0. The van der Waals surface area contributed by atoms with Gasteiger partial charge in [0.2, 0.25) is 0 Å². The number of aromatic nitrogens is 2. The molecule has 1 aromatic heterocycles. The van der Waals surface area contributed by atoms with E-state index >= 15 is 0 Å². The largest absolute Gasteiger partial charge is 0.366 e. The maximum absolute atomic E-state index is 11.4. The average molecular weight is 243 g/mol. The lowest BCUT2D eigenvalue weighted by molar-refractivity contribution is 0.100. The van der Waals surface area contributed by atoms with Crippen LogP contribution in [0.1, 0.15) is 54.2 Å². The Morgan fingerprint density at radius 2 is 2.06 bits per heavy atom. The van der Waals surface area contributed by atoms with E-state index < -0.39 is 5.91 Å². The molecule has 0 atom stereocenters. The second-order valence-electron chi connectivity index (χ2n) is 5.02. The second kappa shape index (κ2) is 4.44. The lowest BCUT2D eigenvalue weighted by atomic mass is 9.89. The molecule has 2 aromatic rings. The van der Waals surface area contributed by atoms with Gasteiger partial charge in [-0.25, -0.2) is 4.98 Å². The first-order chi connectivity index (χ1) is 8.75. The number of rotatable bonds is 2. The molecule has 1 amide bonds. The number of primary amides is 1. The molecule has 1 aromatic carbocycles. The van der Waals surface area contributed by atoms with Gasteiger partial charge in [-0.1, -0.05) is 25.3 Å². The van der Waals surface area contributed by atoms with E-state index in [1.807, 2.05) is 12.1 Å². The molecule has 1 saturated carbocycles. The van der Waals surface area contributed by atoms with Gasteiger partial charge in [0.15, 0.2) is 0 Å². The highest BCUT2D eigenvalue weighted by Crippen LogP contribution is 2.32. The van der Waals surface area contributed by atoms with Gasteiger partial charge in [-0.15, -0.1) is 0 Å². The van der Waals surface area contributed by atoms with Crippen molar-refractivity contribution in [2.45, 2.75) is 38.0 Å². The van der Waals surface area contributed by atoms with E-state index in [2.05, 4.69) is 9.97 Å². The number of carbonyl (C=O) groups is 1. The number of carbonyl (C=O) groups excluding carboxylic acids is 1. The third-order valence-corrected chi connectivity index (χ3v) is 3.79. The number of nitrogens with zero attached hydrogens (tertiary/aromatic N) is 1. The minimum absolute atomic E-state index is 0.415. The molecule has 0 saturated heterocycles. The smallest absolute Gasteiger partial charge is 0.250 e. The number of hydrogen-bond acceptors (Lipinski definition) is 2. The molecule has 3 rings (SSSR count). The van der Waals surface area contributed by atoms with Crippen LogP contribution < -0.4 is 5.73 Å². The number of H-pyrrole nitrogens is 1. The monoisotopic (exact) mass is 243 g/mol. The van der Waals surface area contributed by atoms with Crippen molar-refractivity contribution >= 4 is 16.9 Å². The van der Waals surface area contributed by atoms with Gasteiger partial charge in [0.1, 0.15) is 11.3 Å². The Morgan fingerprint density at radius 3 is 2.78 bits per heavy atom. The van der Waals surface area contributed by atoms with Crippen molar-refractivity contribution in [1.82, 2.24) is 9.97 Å². The van der Waals surface area contributed by atoms with E-state index in [-0.39, 0.29) is 0 Å². The SMILES string of the molecule is NC(=O)c1cccc2[nH]c(C3CCCCC3)nc12. The van der Waals surface area contributed by atoms with E-state index in [9.17, 15) is 4.79 Å². The molecule has 94 valence electrons. The molecular formula is C14H17N3O. The molecule has 0 bridgehead atoms. The van der Waals surface area contributed by atoms with E-state index in [1.54, 1.807) is 6.07 Å². The van der Waals surface area contributed by atoms with Crippen LogP contribution in [0.2, 0.25) is 0 Å². The zero-order chi connectivity index (χ0) is 12.5. The average Bonchev–Trinajstić information content (AvgIpc) is 2.83. The Morgan fingerprint density at radius 1 is 1.28 bits per heavy atom. The topological polar surface area (TPSA) is 71.8 Å². The molecule has 4 nitrogen and oxygen atoms in total. The van der Waals surface area contributed by atoms with Crippen molar-refractivity contribution in [1.29, 1.82) is 0 Å². The Balaban J connectivity index is 2.04. The highest BCUT2D eigenvalue weighted by atomic mass is 16.1. The van der Waals surface area contributed by atoms with Crippen molar-refractivity contribution in [3.63, 3.8) is 0 Å². The van der Waals surface area contributed by atoms with Gasteiger partial charge in [-0.2, -0.15) is 0 Å². The summed E-state index contributed by atoms with van der Waals surface area (Å²) in [6.45, 7) is 0. The molecule has 18 heavy (non-hydrogen) atoms. The highest BCUT2D eigenvalue weighted by molar-refractivity contribution is 6.04. The number of imidazole rings is 1. The van der Waals surface area contributed by atoms with Crippen molar-refractivity contribution in [3.8, 4) is 0 Å². The van der Waals surface area contributed by atoms with Crippen molar-refractivity contribution < 1.29 is 4.79 Å².